The minimum atomic E-state index is 0.508. The van der Waals surface area contributed by atoms with Gasteiger partial charge in [-0.1, -0.05) is 11.6 Å². The zero-order valence-corrected chi connectivity index (χ0v) is 19.0. The summed E-state index contributed by atoms with van der Waals surface area (Å²) in [6.45, 7) is 5.11. The van der Waals surface area contributed by atoms with Crippen molar-refractivity contribution in [2.45, 2.75) is 6.92 Å². The summed E-state index contributed by atoms with van der Waals surface area (Å²) >= 11 is 8.16. The highest BCUT2D eigenvalue weighted by molar-refractivity contribution is 7.18. The summed E-state index contributed by atoms with van der Waals surface area (Å²) in [5.74, 6) is 0.508. The average Bonchev–Trinajstić information content (AvgIpc) is 3.22. The van der Waals surface area contributed by atoms with E-state index in [0.29, 0.717) is 11.0 Å². The van der Waals surface area contributed by atoms with Crippen LogP contribution in [0.5, 0.6) is 0 Å². The predicted molar refractivity (Wildman–Crippen MR) is 129 cm³/mol. The van der Waals surface area contributed by atoms with Gasteiger partial charge in [0.2, 0.25) is 5.95 Å². The van der Waals surface area contributed by atoms with Gasteiger partial charge in [0.15, 0.2) is 0 Å². The van der Waals surface area contributed by atoms with E-state index in [1.807, 2.05) is 49.5 Å². The maximum atomic E-state index is 6.56. The van der Waals surface area contributed by atoms with Crippen LogP contribution in [0.2, 0.25) is 5.02 Å². The zero-order chi connectivity index (χ0) is 21.9. The average molecular weight is 465 g/mol. The van der Waals surface area contributed by atoms with Crippen LogP contribution in [0.25, 0.3) is 21.1 Å². The van der Waals surface area contributed by atoms with Crippen molar-refractivity contribution in [1.29, 1.82) is 0 Å². The Balaban J connectivity index is 1.37. The number of ether oxygens (including phenoxy) is 1. The Morgan fingerprint density at radius 1 is 1.09 bits per heavy atom. The second kappa shape index (κ2) is 9.20. The van der Waals surface area contributed by atoms with E-state index >= 15 is 0 Å². The molecule has 1 aliphatic rings. The lowest BCUT2D eigenvalue weighted by atomic mass is 10.2. The summed E-state index contributed by atoms with van der Waals surface area (Å²) in [6.07, 6.45) is 5.32. The molecule has 0 saturated carbocycles. The van der Waals surface area contributed by atoms with Gasteiger partial charge in [0.1, 0.15) is 5.01 Å². The third-order valence-corrected chi connectivity index (χ3v) is 6.68. The molecule has 1 N–H and O–H groups in total. The zero-order valence-electron chi connectivity index (χ0n) is 17.5. The molecular formula is C23H21ClN6OS. The fourth-order valence-electron chi connectivity index (χ4n) is 3.57. The number of benzene rings is 1. The number of rotatable bonds is 5. The number of hydrogen-bond donors (Lipinski definition) is 1. The number of aromatic nitrogens is 4. The Morgan fingerprint density at radius 3 is 2.75 bits per heavy atom. The third kappa shape index (κ3) is 4.43. The van der Waals surface area contributed by atoms with Crippen LogP contribution in [0.1, 0.15) is 5.69 Å². The van der Waals surface area contributed by atoms with Gasteiger partial charge in [-0.2, -0.15) is 0 Å². The number of anilines is 3. The number of thiazole rings is 1. The fraction of sp³-hybridized carbons (Fsp3) is 0.217. The lowest BCUT2D eigenvalue weighted by Gasteiger charge is -2.29. The van der Waals surface area contributed by atoms with Gasteiger partial charge in [0, 0.05) is 42.9 Å². The van der Waals surface area contributed by atoms with Gasteiger partial charge in [-0.15, -0.1) is 11.3 Å². The van der Waals surface area contributed by atoms with Gasteiger partial charge < -0.3 is 15.0 Å². The molecule has 4 heterocycles. The lowest BCUT2D eigenvalue weighted by molar-refractivity contribution is 0.122. The van der Waals surface area contributed by atoms with Crippen LogP contribution in [-0.4, -0.2) is 46.2 Å². The van der Waals surface area contributed by atoms with Gasteiger partial charge in [-0.05, 0) is 43.3 Å². The number of halogens is 1. The Hall–Kier alpha value is -3.07. The van der Waals surface area contributed by atoms with Gasteiger partial charge in [0.05, 0.1) is 40.2 Å². The van der Waals surface area contributed by atoms with E-state index < -0.39 is 0 Å². The highest BCUT2D eigenvalue weighted by atomic mass is 35.5. The first kappa shape index (κ1) is 20.8. The van der Waals surface area contributed by atoms with Crippen molar-refractivity contribution in [3.63, 3.8) is 0 Å². The van der Waals surface area contributed by atoms with Crippen LogP contribution >= 0.6 is 22.9 Å². The molecule has 162 valence electrons. The maximum absolute atomic E-state index is 6.56. The number of nitrogens with zero attached hydrogens (tertiary/aromatic N) is 5. The van der Waals surface area contributed by atoms with Crippen molar-refractivity contribution in [2.75, 3.05) is 36.5 Å². The molecule has 0 unspecified atom stereocenters. The Bertz CT molecular complexity index is 1230. The number of morpholine rings is 1. The normalized spacial score (nSPS) is 13.9. The first-order valence-electron chi connectivity index (χ1n) is 10.3. The highest BCUT2D eigenvalue weighted by Crippen LogP contribution is 2.35. The van der Waals surface area contributed by atoms with Gasteiger partial charge in [-0.3, -0.25) is 4.98 Å². The molecule has 0 atom stereocenters. The molecule has 4 aromatic rings. The Kier molecular flexibility index (Phi) is 5.98. The van der Waals surface area contributed by atoms with Crippen molar-refractivity contribution in [3.8, 4) is 21.1 Å². The second-order valence-corrected chi connectivity index (χ2v) is 8.74. The molecule has 1 aromatic carbocycles. The summed E-state index contributed by atoms with van der Waals surface area (Å²) in [5.41, 5.74) is 4.59. The molecule has 1 fully saturated rings. The van der Waals surface area contributed by atoms with Crippen LogP contribution < -0.4 is 10.2 Å². The largest absolute Gasteiger partial charge is 0.378 e. The molecule has 1 saturated heterocycles. The van der Waals surface area contributed by atoms with Crippen molar-refractivity contribution < 1.29 is 4.74 Å². The molecule has 3 aromatic heterocycles. The fourth-order valence-corrected chi connectivity index (χ4v) is 4.89. The molecule has 0 bridgehead atoms. The molecule has 0 amide bonds. The third-order valence-electron chi connectivity index (χ3n) is 5.15. The molecule has 32 heavy (non-hydrogen) atoms. The van der Waals surface area contributed by atoms with Crippen molar-refractivity contribution in [1.82, 2.24) is 19.9 Å². The van der Waals surface area contributed by atoms with Crippen molar-refractivity contribution >= 4 is 40.3 Å². The Morgan fingerprint density at radius 2 is 1.97 bits per heavy atom. The number of aryl methyl sites for hydroxylation is 1. The first-order chi connectivity index (χ1) is 15.7. The Labute approximate surface area is 195 Å². The molecule has 5 rings (SSSR count). The summed E-state index contributed by atoms with van der Waals surface area (Å²) in [4.78, 5) is 21.2. The van der Waals surface area contributed by atoms with Crippen LogP contribution in [0, 0.1) is 6.92 Å². The summed E-state index contributed by atoms with van der Waals surface area (Å²) in [7, 11) is 0. The van der Waals surface area contributed by atoms with Gasteiger partial charge >= 0.3 is 0 Å². The standard InChI is InChI=1S/C23H21ClN6OS/c1-15-21(32-22(27-15)16-3-2-7-25-14-16)19-6-8-26-23(29-19)28-17-4-5-20(18(24)13-17)30-9-11-31-12-10-30/h2-8,13-14H,9-12H2,1H3,(H,26,28,29). The van der Waals surface area contributed by atoms with E-state index in [-0.39, 0.29) is 0 Å². The number of nitrogens with one attached hydrogen (secondary N) is 1. The van der Waals surface area contributed by atoms with Crippen LogP contribution in [0.3, 0.4) is 0 Å². The quantitative estimate of drug-likeness (QED) is 0.434. The molecule has 1 aliphatic heterocycles. The van der Waals surface area contributed by atoms with Gasteiger partial charge in [0.25, 0.3) is 0 Å². The maximum Gasteiger partial charge on any atom is 0.227 e. The molecular weight excluding hydrogens is 444 g/mol. The monoisotopic (exact) mass is 464 g/mol. The van der Waals surface area contributed by atoms with E-state index in [2.05, 4.69) is 20.2 Å². The summed E-state index contributed by atoms with van der Waals surface area (Å²) < 4.78 is 5.43. The van der Waals surface area contributed by atoms with Crippen molar-refractivity contribution in [2.24, 2.45) is 0 Å². The molecule has 9 heteroatoms. The van der Waals surface area contributed by atoms with Crippen LogP contribution in [0.15, 0.2) is 55.0 Å². The van der Waals surface area contributed by atoms with Crippen molar-refractivity contribution in [3.05, 3.63) is 65.7 Å². The number of hydrogen-bond acceptors (Lipinski definition) is 8. The topological polar surface area (TPSA) is 76.1 Å². The second-order valence-electron chi connectivity index (χ2n) is 7.33. The van der Waals surface area contributed by atoms with Crippen LogP contribution in [-0.2, 0) is 4.74 Å². The first-order valence-corrected chi connectivity index (χ1v) is 11.5. The lowest BCUT2D eigenvalue weighted by Crippen LogP contribution is -2.36. The van der Waals surface area contributed by atoms with E-state index in [1.54, 1.807) is 23.7 Å². The molecule has 0 radical (unpaired) electrons. The summed E-state index contributed by atoms with van der Waals surface area (Å²) in [5, 5.41) is 4.88. The van der Waals surface area contributed by atoms with Gasteiger partial charge in [-0.25, -0.2) is 15.0 Å². The predicted octanol–water partition coefficient (Wildman–Crippen LogP) is 5.20. The van der Waals surface area contributed by atoms with Crippen LogP contribution in [0.4, 0.5) is 17.3 Å². The smallest absolute Gasteiger partial charge is 0.227 e. The summed E-state index contributed by atoms with van der Waals surface area (Å²) in [6, 6.07) is 11.7. The minimum absolute atomic E-state index is 0.508. The highest BCUT2D eigenvalue weighted by Gasteiger charge is 2.16. The van der Waals surface area contributed by atoms with E-state index in [0.717, 1.165) is 64.5 Å². The van der Waals surface area contributed by atoms with E-state index in [1.165, 1.54) is 0 Å². The van der Waals surface area contributed by atoms with E-state index in [9.17, 15) is 0 Å². The number of pyridine rings is 1. The SMILES string of the molecule is Cc1nc(-c2cccnc2)sc1-c1ccnc(Nc2ccc(N3CCOCC3)c(Cl)c2)n1. The minimum Gasteiger partial charge on any atom is -0.378 e. The van der Waals surface area contributed by atoms with E-state index in [4.69, 9.17) is 26.3 Å². The molecule has 7 nitrogen and oxygen atoms in total. The molecule has 0 aliphatic carbocycles. The molecule has 0 spiro atoms.